The van der Waals surface area contributed by atoms with E-state index in [9.17, 15) is 5.11 Å². The van der Waals surface area contributed by atoms with Crippen molar-refractivity contribution in [2.75, 3.05) is 27.7 Å². The first kappa shape index (κ1) is 17.7. The van der Waals surface area contributed by atoms with Crippen LogP contribution in [0.4, 0.5) is 0 Å². The molecule has 0 unspecified atom stereocenters. The highest BCUT2D eigenvalue weighted by molar-refractivity contribution is 5.53. The lowest BCUT2D eigenvalue weighted by Crippen LogP contribution is -2.37. The van der Waals surface area contributed by atoms with Crippen molar-refractivity contribution in [2.45, 2.75) is 24.9 Å². The van der Waals surface area contributed by atoms with E-state index in [1.54, 1.807) is 7.11 Å². The van der Waals surface area contributed by atoms with Gasteiger partial charge in [-0.2, -0.15) is 0 Å². The van der Waals surface area contributed by atoms with Crippen LogP contribution in [0, 0.1) is 0 Å². The summed E-state index contributed by atoms with van der Waals surface area (Å²) in [4.78, 5) is 2.21. The van der Waals surface area contributed by atoms with Crippen LogP contribution < -0.4 is 15.2 Å². The van der Waals surface area contributed by atoms with E-state index in [0.717, 1.165) is 30.7 Å². The number of aliphatic hydroxyl groups is 1. The van der Waals surface area contributed by atoms with Gasteiger partial charge in [0.1, 0.15) is 5.75 Å². The SMILES string of the molecule is COc1ccc([C@H]2C=c3cccc(CCCN(C)C)c3=C[C@H]2O)cc1. The van der Waals surface area contributed by atoms with Crippen LogP contribution in [0.25, 0.3) is 12.2 Å². The Morgan fingerprint density at radius 3 is 2.48 bits per heavy atom. The molecule has 0 spiro atoms. The molecule has 0 saturated carbocycles. The Labute approximate surface area is 149 Å². The molecule has 2 aromatic rings. The van der Waals surface area contributed by atoms with Crippen LogP contribution in [0.5, 0.6) is 5.75 Å². The normalized spacial score (nSPS) is 19.1. The van der Waals surface area contributed by atoms with Crippen LogP contribution in [0.3, 0.4) is 0 Å². The number of hydrogen-bond donors (Lipinski definition) is 1. The minimum Gasteiger partial charge on any atom is -0.497 e. The van der Waals surface area contributed by atoms with Gasteiger partial charge in [-0.15, -0.1) is 0 Å². The second kappa shape index (κ2) is 7.85. The number of benzene rings is 2. The summed E-state index contributed by atoms with van der Waals surface area (Å²) in [7, 11) is 5.87. The Balaban J connectivity index is 1.90. The average molecular weight is 337 g/mol. The first-order valence-corrected chi connectivity index (χ1v) is 8.87. The number of fused-ring (bicyclic) bond motifs is 1. The Kier molecular flexibility index (Phi) is 5.57. The van der Waals surface area contributed by atoms with Crippen molar-refractivity contribution in [3.05, 3.63) is 64.0 Å². The minimum atomic E-state index is -0.504. The summed E-state index contributed by atoms with van der Waals surface area (Å²) in [5, 5.41) is 13.1. The average Bonchev–Trinajstić information content (AvgIpc) is 2.61. The van der Waals surface area contributed by atoms with Gasteiger partial charge in [0.05, 0.1) is 13.2 Å². The molecule has 132 valence electrons. The van der Waals surface area contributed by atoms with Gasteiger partial charge >= 0.3 is 0 Å². The molecule has 25 heavy (non-hydrogen) atoms. The van der Waals surface area contributed by atoms with E-state index in [-0.39, 0.29) is 5.92 Å². The molecule has 1 N–H and O–H groups in total. The summed E-state index contributed by atoms with van der Waals surface area (Å²) in [5.74, 6) is 0.817. The minimum absolute atomic E-state index is 0.0181. The Morgan fingerprint density at radius 1 is 1.04 bits per heavy atom. The van der Waals surface area contributed by atoms with Crippen LogP contribution in [-0.4, -0.2) is 43.9 Å². The fourth-order valence-corrected chi connectivity index (χ4v) is 3.47. The molecule has 2 aromatic carbocycles. The second-order valence-corrected chi connectivity index (χ2v) is 6.95. The third kappa shape index (κ3) is 4.12. The van der Waals surface area contributed by atoms with Gasteiger partial charge in [0.2, 0.25) is 0 Å². The molecule has 3 nitrogen and oxygen atoms in total. The fourth-order valence-electron chi connectivity index (χ4n) is 3.47. The molecule has 0 heterocycles. The predicted octanol–water partition coefficient (Wildman–Crippen LogP) is 1.91. The van der Waals surface area contributed by atoms with E-state index in [0.29, 0.717) is 0 Å². The van der Waals surface area contributed by atoms with E-state index in [4.69, 9.17) is 4.74 Å². The molecule has 0 aliphatic heterocycles. The smallest absolute Gasteiger partial charge is 0.118 e. The number of hydrogen-bond acceptors (Lipinski definition) is 3. The number of ether oxygens (including phenoxy) is 1. The lowest BCUT2D eigenvalue weighted by Gasteiger charge is -2.22. The second-order valence-electron chi connectivity index (χ2n) is 6.95. The van der Waals surface area contributed by atoms with Crippen molar-refractivity contribution in [1.29, 1.82) is 0 Å². The monoisotopic (exact) mass is 337 g/mol. The van der Waals surface area contributed by atoms with E-state index in [2.05, 4.69) is 43.3 Å². The third-order valence-corrected chi connectivity index (χ3v) is 4.85. The lowest BCUT2D eigenvalue weighted by atomic mass is 9.87. The van der Waals surface area contributed by atoms with Crippen LogP contribution >= 0.6 is 0 Å². The zero-order valence-electron chi connectivity index (χ0n) is 15.3. The molecule has 1 aliphatic carbocycles. The van der Waals surface area contributed by atoms with Crippen molar-refractivity contribution in [2.24, 2.45) is 0 Å². The van der Waals surface area contributed by atoms with Gasteiger partial charge < -0.3 is 14.7 Å². The highest BCUT2D eigenvalue weighted by Crippen LogP contribution is 2.25. The molecular weight excluding hydrogens is 310 g/mol. The fraction of sp³-hybridized carbons (Fsp3) is 0.364. The predicted molar refractivity (Wildman–Crippen MR) is 103 cm³/mol. The zero-order valence-corrected chi connectivity index (χ0v) is 15.3. The van der Waals surface area contributed by atoms with Gasteiger partial charge in [0.15, 0.2) is 0 Å². The molecule has 0 saturated heterocycles. The molecule has 0 aromatic heterocycles. The molecule has 1 aliphatic rings. The number of nitrogens with zero attached hydrogens (tertiary/aromatic N) is 1. The molecule has 0 bridgehead atoms. The Hall–Kier alpha value is -2.10. The van der Waals surface area contributed by atoms with Crippen molar-refractivity contribution in [1.82, 2.24) is 4.90 Å². The summed E-state index contributed by atoms with van der Waals surface area (Å²) in [6.45, 7) is 1.07. The lowest BCUT2D eigenvalue weighted by molar-refractivity contribution is 0.225. The van der Waals surface area contributed by atoms with Crippen LogP contribution in [-0.2, 0) is 6.42 Å². The number of aryl methyl sites for hydroxylation is 1. The Morgan fingerprint density at radius 2 is 1.80 bits per heavy atom. The van der Waals surface area contributed by atoms with Gasteiger partial charge in [-0.1, -0.05) is 36.4 Å². The van der Waals surface area contributed by atoms with Crippen LogP contribution in [0.15, 0.2) is 42.5 Å². The highest BCUT2D eigenvalue weighted by atomic mass is 16.5. The standard InChI is InChI=1S/C22H27NO2/c1-23(2)13-5-8-16-6-4-7-18-14-21(22(24)15-20(16)18)17-9-11-19(25-3)12-10-17/h4,6-7,9-12,14-15,21-22,24H,5,8,13H2,1-3H3/t21-,22-/m1/s1. The molecule has 0 radical (unpaired) electrons. The first-order valence-electron chi connectivity index (χ1n) is 8.87. The van der Waals surface area contributed by atoms with Crippen LogP contribution in [0.1, 0.15) is 23.5 Å². The Bertz CT molecular complexity index is 824. The summed E-state index contributed by atoms with van der Waals surface area (Å²) in [5.41, 5.74) is 2.43. The van der Waals surface area contributed by atoms with Gasteiger partial charge in [-0.25, -0.2) is 0 Å². The van der Waals surface area contributed by atoms with Gasteiger partial charge in [-0.3, -0.25) is 0 Å². The topological polar surface area (TPSA) is 32.7 Å². The van der Waals surface area contributed by atoms with Gasteiger partial charge in [-0.05, 0) is 73.3 Å². The molecule has 0 amide bonds. The molecular formula is C22H27NO2. The third-order valence-electron chi connectivity index (χ3n) is 4.85. The summed E-state index contributed by atoms with van der Waals surface area (Å²) in [6, 6.07) is 14.4. The number of aliphatic hydroxyl groups excluding tert-OH is 1. The molecule has 3 heteroatoms. The molecule has 0 fully saturated rings. The molecule has 3 rings (SSSR count). The maximum atomic E-state index is 10.7. The van der Waals surface area contributed by atoms with E-state index in [1.165, 1.54) is 16.0 Å². The summed E-state index contributed by atoms with van der Waals surface area (Å²) >= 11 is 0. The van der Waals surface area contributed by atoms with Crippen molar-refractivity contribution in [3.8, 4) is 5.75 Å². The van der Waals surface area contributed by atoms with Gasteiger partial charge in [0.25, 0.3) is 0 Å². The van der Waals surface area contributed by atoms with Crippen LogP contribution in [0.2, 0.25) is 0 Å². The summed E-state index contributed by atoms with van der Waals surface area (Å²) in [6.07, 6.45) is 5.86. The van der Waals surface area contributed by atoms with Crippen molar-refractivity contribution in [3.63, 3.8) is 0 Å². The maximum absolute atomic E-state index is 10.7. The maximum Gasteiger partial charge on any atom is 0.118 e. The first-order chi connectivity index (χ1) is 12.1. The summed E-state index contributed by atoms with van der Waals surface area (Å²) < 4.78 is 5.23. The van der Waals surface area contributed by atoms with Crippen molar-refractivity contribution >= 4 is 12.2 Å². The number of methoxy groups -OCH3 is 1. The zero-order chi connectivity index (χ0) is 17.8. The number of rotatable bonds is 6. The van der Waals surface area contributed by atoms with Crippen molar-refractivity contribution < 1.29 is 9.84 Å². The van der Waals surface area contributed by atoms with Gasteiger partial charge in [0, 0.05) is 5.92 Å². The quantitative estimate of drug-likeness (QED) is 0.874. The molecule has 2 atom stereocenters. The van der Waals surface area contributed by atoms with E-state index in [1.807, 2.05) is 30.3 Å². The largest absolute Gasteiger partial charge is 0.497 e. The van der Waals surface area contributed by atoms with E-state index >= 15 is 0 Å². The van der Waals surface area contributed by atoms with E-state index < -0.39 is 6.10 Å². The highest BCUT2D eigenvalue weighted by Gasteiger charge is 2.20.